The van der Waals surface area contributed by atoms with Gasteiger partial charge in [0.2, 0.25) is 0 Å². The lowest BCUT2D eigenvalue weighted by Gasteiger charge is -2.21. The van der Waals surface area contributed by atoms with Crippen LogP contribution in [0.25, 0.3) is 0 Å². The molecule has 5 nitrogen and oxygen atoms in total. The largest absolute Gasteiger partial charge is 0.338 e. The second kappa shape index (κ2) is 7.62. The van der Waals surface area contributed by atoms with Crippen LogP contribution < -0.4 is 5.73 Å². The summed E-state index contributed by atoms with van der Waals surface area (Å²) in [6.07, 6.45) is 7.34. The van der Waals surface area contributed by atoms with Gasteiger partial charge in [-0.25, -0.2) is 4.98 Å². The van der Waals surface area contributed by atoms with E-state index in [0.717, 1.165) is 32.5 Å². The third-order valence-electron chi connectivity index (χ3n) is 3.93. The molecule has 2 N–H and O–H groups in total. The van der Waals surface area contributed by atoms with Gasteiger partial charge in [-0.2, -0.15) is 0 Å². The van der Waals surface area contributed by atoms with E-state index in [2.05, 4.69) is 26.4 Å². The Balaban J connectivity index is 1.72. The molecule has 1 saturated heterocycles. The third-order valence-corrected chi connectivity index (χ3v) is 3.93. The van der Waals surface area contributed by atoms with E-state index in [1.54, 1.807) is 0 Å². The van der Waals surface area contributed by atoms with E-state index in [1.807, 2.05) is 12.4 Å². The molecule has 0 amide bonds. The van der Waals surface area contributed by atoms with Crippen LogP contribution in [0.5, 0.6) is 0 Å². The molecule has 1 aliphatic heterocycles. The molecule has 0 aliphatic carbocycles. The van der Waals surface area contributed by atoms with E-state index in [9.17, 15) is 0 Å². The monoisotopic (exact) mass is 265 g/mol. The molecule has 0 spiro atoms. The first kappa shape index (κ1) is 14.5. The summed E-state index contributed by atoms with van der Waals surface area (Å²) >= 11 is 0. The molecule has 1 aromatic rings. The summed E-state index contributed by atoms with van der Waals surface area (Å²) in [6.45, 7) is 7.87. The van der Waals surface area contributed by atoms with Gasteiger partial charge < -0.3 is 20.1 Å². The Hall–Kier alpha value is -0.910. The van der Waals surface area contributed by atoms with Crippen LogP contribution in [-0.2, 0) is 13.5 Å². The highest BCUT2D eigenvalue weighted by atomic mass is 15.2. The number of nitrogens with zero attached hydrogens (tertiary/aromatic N) is 4. The SMILES string of the molecule is Cn1ccnc1CCN1CCCN(CCCN)CC1. The molecular formula is C14H27N5. The fourth-order valence-electron chi connectivity index (χ4n) is 2.68. The first-order valence-electron chi connectivity index (χ1n) is 7.40. The van der Waals surface area contributed by atoms with Gasteiger partial charge in [0.25, 0.3) is 0 Å². The minimum atomic E-state index is 0.805. The second-order valence-electron chi connectivity index (χ2n) is 5.38. The number of hydrogen-bond donors (Lipinski definition) is 1. The number of aromatic nitrogens is 2. The highest BCUT2D eigenvalue weighted by molar-refractivity contribution is 4.91. The minimum Gasteiger partial charge on any atom is -0.338 e. The van der Waals surface area contributed by atoms with E-state index in [-0.39, 0.29) is 0 Å². The van der Waals surface area contributed by atoms with Crippen LogP contribution in [0.1, 0.15) is 18.7 Å². The van der Waals surface area contributed by atoms with Crippen LogP contribution in [-0.4, -0.2) is 65.2 Å². The van der Waals surface area contributed by atoms with Crippen LogP contribution in [0.4, 0.5) is 0 Å². The van der Waals surface area contributed by atoms with Gasteiger partial charge in [0.05, 0.1) is 0 Å². The van der Waals surface area contributed by atoms with Crippen LogP contribution in [0.2, 0.25) is 0 Å². The zero-order chi connectivity index (χ0) is 13.5. The van der Waals surface area contributed by atoms with Crippen molar-refractivity contribution >= 4 is 0 Å². The van der Waals surface area contributed by atoms with Gasteiger partial charge in [0.1, 0.15) is 5.82 Å². The summed E-state index contributed by atoms with van der Waals surface area (Å²) in [5, 5.41) is 0. The van der Waals surface area contributed by atoms with Crippen molar-refractivity contribution in [3.05, 3.63) is 18.2 Å². The number of imidazole rings is 1. The summed E-state index contributed by atoms with van der Waals surface area (Å²) in [5.41, 5.74) is 5.58. The fourth-order valence-corrected chi connectivity index (χ4v) is 2.68. The zero-order valence-electron chi connectivity index (χ0n) is 12.1. The molecule has 0 aromatic carbocycles. The topological polar surface area (TPSA) is 50.3 Å². The fraction of sp³-hybridized carbons (Fsp3) is 0.786. The van der Waals surface area contributed by atoms with Gasteiger partial charge in [-0.15, -0.1) is 0 Å². The highest BCUT2D eigenvalue weighted by Gasteiger charge is 2.14. The Morgan fingerprint density at radius 2 is 1.89 bits per heavy atom. The lowest BCUT2D eigenvalue weighted by Crippen LogP contribution is -2.33. The Morgan fingerprint density at radius 1 is 1.16 bits per heavy atom. The maximum absolute atomic E-state index is 5.58. The summed E-state index contributed by atoms with van der Waals surface area (Å²) in [7, 11) is 2.07. The molecule has 5 heteroatoms. The Bertz CT molecular complexity index is 362. The molecule has 1 aromatic heterocycles. The number of aryl methyl sites for hydroxylation is 1. The molecule has 1 aliphatic rings. The van der Waals surface area contributed by atoms with Crippen LogP contribution in [0, 0.1) is 0 Å². The third kappa shape index (κ3) is 4.60. The van der Waals surface area contributed by atoms with Crippen molar-refractivity contribution in [1.82, 2.24) is 19.4 Å². The lowest BCUT2D eigenvalue weighted by molar-refractivity contribution is 0.256. The van der Waals surface area contributed by atoms with Gasteiger partial charge >= 0.3 is 0 Å². The molecule has 0 radical (unpaired) electrons. The number of hydrogen-bond acceptors (Lipinski definition) is 4. The molecule has 0 saturated carbocycles. The molecular weight excluding hydrogens is 238 g/mol. The second-order valence-corrected chi connectivity index (χ2v) is 5.38. The van der Waals surface area contributed by atoms with Crippen LogP contribution in [0.15, 0.2) is 12.4 Å². The molecule has 19 heavy (non-hydrogen) atoms. The standard InChI is InChI=1S/C14H27N5/c1-17-11-6-16-14(17)4-10-19-9-3-8-18(12-13-19)7-2-5-15/h6,11H,2-5,7-10,12-13,15H2,1H3. The first-order chi connectivity index (χ1) is 9.29. The van der Waals surface area contributed by atoms with E-state index < -0.39 is 0 Å². The zero-order valence-corrected chi connectivity index (χ0v) is 12.1. The van der Waals surface area contributed by atoms with E-state index in [4.69, 9.17) is 5.73 Å². The molecule has 0 bridgehead atoms. The average Bonchev–Trinajstić information content (AvgIpc) is 2.70. The van der Waals surface area contributed by atoms with Gasteiger partial charge in [0, 0.05) is 45.5 Å². The predicted molar refractivity (Wildman–Crippen MR) is 78.1 cm³/mol. The average molecular weight is 265 g/mol. The summed E-state index contributed by atoms with van der Waals surface area (Å²) in [6, 6.07) is 0. The van der Waals surface area contributed by atoms with Gasteiger partial charge in [0.15, 0.2) is 0 Å². The van der Waals surface area contributed by atoms with Gasteiger partial charge in [-0.05, 0) is 39.0 Å². The quantitative estimate of drug-likeness (QED) is 0.805. The Morgan fingerprint density at radius 3 is 2.53 bits per heavy atom. The molecule has 108 valence electrons. The summed E-state index contributed by atoms with van der Waals surface area (Å²) in [5.74, 6) is 1.18. The molecule has 0 unspecified atom stereocenters. The van der Waals surface area contributed by atoms with Gasteiger partial charge in [-0.3, -0.25) is 0 Å². The van der Waals surface area contributed by atoms with Crippen molar-refractivity contribution in [3.8, 4) is 0 Å². The van der Waals surface area contributed by atoms with Crippen molar-refractivity contribution in [3.63, 3.8) is 0 Å². The van der Waals surface area contributed by atoms with Crippen molar-refractivity contribution in [2.75, 3.05) is 45.8 Å². The predicted octanol–water partition coefficient (Wildman–Crippen LogP) is 0.319. The molecule has 2 heterocycles. The van der Waals surface area contributed by atoms with Crippen molar-refractivity contribution in [1.29, 1.82) is 0 Å². The smallest absolute Gasteiger partial charge is 0.109 e. The van der Waals surface area contributed by atoms with E-state index in [1.165, 1.54) is 38.4 Å². The van der Waals surface area contributed by atoms with Gasteiger partial charge in [-0.1, -0.05) is 0 Å². The van der Waals surface area contributed by atoms with Crippen molar-refractivity contribution < 1.29 is 0 Å². The number of rotatable bonds is 6. The molecule has 1 fully saturated rings. The maximum Gasteiger partial charge on any atom is 0.109 e. The molecule has 0 atom stereocenters. The summed E-state index contributed by atoms with van der Waals surface area (Å²) in [4.78, 5) is 9.51. The van der Waals surface area contributed by atoms with E-state index in [0.29, 0.717) is 0 Å². The van der Waals surface area contributed by atoms with Crippen molar-refractivity contribution in [2.24, 2.45) is 12.8 Å². The minimum absolute atomic E-state index is 0.805. The lowest BCUT2D eigenvalue weighted by atomic mass is 10.3. The molecule has 2 rings (SSSR count). The van der Waals surface area contributed by atoms with E-state index >= 15 is 0 Å². The Labute approximate surface area is 116 Å². The van der Waals surface area contributed by atoms with Crippen LogP contribution in [0.3, 0.4) is 0 Å². The number of nitrogens with two attached hydrogens (primary N) is 1. The Kier molecular flexibility index (Phi) is 5.82. The maximum atomic E-state index is 5.58. The highest BCUT2D eigenvalue weighted by Crippen LogP contribution is 2.05. The van der Waals surface area contributed by atoms with Crippen molar-refractivity contribution in [2.45, 2.75) is 19.3 Å². The van der Waals surface area contributed by atoms with Crippen LogP contribution >= 0.6 is 0 Å². The normalized spacial score (nSPS) is 18.6. The summed E-state index contributed by atoms with van der Waals surface area (Å²) < 4.78 is 2.12. The first-order valence-corrected chi connectivity index (χ1v) is 7.40.